The summed E-state index contributed by atoms with van der Waals surface area (Å²) in [6.45, 7) is 8.28. The number of piperidine rings is 1. The molecule has 1 aliphatic rings. The van der Waals surface area contributed by atoms with Gasteiger partial charge < -0.3 is 10.2 Å². The molecule has 1 N–H and O–H groups in total. The molecule has 1 aliphatic heterocycles. The molecule has 108 valence electrons. The van der Waals surface area contributed by atoms with Crippen molar-refractivity contribution in [3.63, 3.8) is 0 Å². The van der Waals surface area contributed by atoms with E-state index < -0.39 is 0 Å². The largest absolute Gasteiger partial charge is 0.382 e. The Kier molecular flexibility index (Phi) is 4.22. The number of likely N-dealkylation sites (tertiary alicyclic amines) is 1. The number of nitrogens with zero attached hydrogens (tertiary/aromatic N) is 2. The molecule has 0 amide bonds. The lowest BCUT2D eigenvalue weighted by Gasteiger charge is -2.33. The van der Waals surface area contributed by atoms with E-state index >= 15 is 0 Å². The Bertz CT molecular complexity index is 556. The third-order valence-corrected chi connectivity index (χ3v) is 4.70. The van der Waals surface area contributed by atoms with E-state index in [1.54, 1.807) is 11.3 Å². The predicted molar refractivity (Wildman–Crippen MR) is 87.5 cm³/mol. The van der Waals surface area contributed by atoms with Crippen LogP contribution in [0.25, 0.3) is 10.2 Å². The molecule has 0 spiro atoms. The fraction of sp³-hybridized carbons (Fsp3) is 0.562. The predicted octanol–water partition coefficient (Wildman–Crippen LogP) is 3.83. The molecule has 0 atom stereocenters. The zero-order valence-corrected chi connectivity index (χ0v) is 13.1. The summed E-state index contributed by atoms with van der Waals surface area (Å²) in [6, 6.07) is 7.11. The molecule has 1 aromatic carbocycles. The summed E-state index contributed by atoms with van der Waals surface area (Å²) in [4.78, 5) is 6.92. The number of anilines is 1. The van der Waals surface area contributed by atoms with Crippen LogP contribution in [-0.2, 0) is 0 Å². The van der Waals surface area contributed by atoms with Crippen molar-refractivity contribution in [3.8, 4) is 0 Å². The van der Waals surface area contributed by atoms with Crippen molar-refractivity contribution in [2.45, 2.75) is 32.7 Å². The highest BCUT2D eigenvalue weighted by Gasteiger charge is 2.19. The lowest BCUT2D eigenvalue weighted by atomic mass is 10.0. The molecule has 0 radical (unpaired) electrons. The van der Waals surface area contributed by atoms with E-state index in [-0.39, 0.29) is 0 Å². The van der Waals surface area contributed by atoms with Crippen LogP contribution < -0.4 is 5.32 Å². The summed E-state index contributed by atoms with van der Waals surface area (Å²) in [5.41, 5.74) is 4.26. The Morgan fingerprint density at radius 1 is 1.35 bits per heavy atom. The standard InChI is InChI=1S/C16H23N3S/c1-12(2)10-19-7-5-13(6-8-19)18-14-3-4-15-16(9-14)20-11-17-15/h3-4,9,11-13,18H,5-8,10H2,1-2H3. The van der Waals surface area contributed by atoms with E-state index in [9.17, 15) is 0 Å². The minimum absolute atomic E-state index is 0.615. The molecule has 0 aliphatic carbocycles. The summed E-state index contributed by atoms with van der Waals surface area (Å²) in [5.74, 6) is 0.772. The van der Waals surface area contributed by atoms with Gasteiger partial charge in [-0.1, -0.05) is 13.8 Å². The van der Waals surface area contributed by atoms with Gasteiger partial charge >= 0.3 is 0 Å². The normalized spacial score (nSPS) is 17.9. The van der Waals surface area contributed by atoms with Gasteiger partial charge in [-0.3, -0.25) is 0 Å². The molecule has 2 aromatic rings. The van der Waals surface area contributed by atoms with Crippen LogP contribution in [0.5, 0.6) is 0 Å². The Hall–Kier alpha value is -1.13. The molecule has 0 unspecified atom stereocenters. The molecule has 0 bridgehead atoms. The van der Waals surface area contributed by atoms with Gasteiger partial charge in [-0.05, 0) is 37.0 Å². The van der Waals surface area contributed by atoms with Crippen LogP contribution in [0.4, 0.5) is 5.69 Å². The van der Waals surface area contributed by atoms with Gasteiger partial charge in [0.2, 0.25) is 0 Å². The Morgan fingerprint density at radius 3 is 2.90 bits per heavy atom. The first-order chi connectivity index (χ1) is 9.70. The second-order valence-electron chi connectivity index (χ2n) is 6.15. The van der Waals surface area contributed by atoms with E-state index in [0.717, 1.165) is 11.4 Å². The summed E-state index contributed by atoms with van der Waals surface area (Å²) >= 11 is 1.71. The summed E-state index contributed by atoms with van der Waals surface area (Å²) in [6.07, 6.45) is 2.49. The fourth-order valence-electron chi connectivity index (χ4n) is 2.96. The maximum Gasteiger partial charge on any atom is 0.0813 e. The molecule has 3 nitrogen and oxygen atoms in total. The van der Waals surface area contributed by atoms with Crippen LogP contribution >= 0.6 is 11.3 Å². The number of hydrogen-bond donors (Lipinski definition) is 1. The topological polar surface area (TPSA) is 28.2 Å². The first-order valence-electron chi connectivity index (χ1n) is 7.53. The average molecular weight is 289 g/mol. The van der Waals surface area contributed by atoms with Gasteiger partial charge in [-0.15, -0.1) is 11.3 Å². The third kappa shape index (κ3) is 3.30. The van der Waals surface area contributed by atoms with Crippen LogP contribution in [0.1, 0.15) is 26.7 Å². The monoisotopic (exact) mass is 289 g/mol. The summed E-state index contributed by atoms with van der Waals surface area (Å²) < 4.78 is 1.27. The minimum atomic E-state index is 0.615. The fourth-order valence-corrected chi connectivity index (χ4v) is 3.67. The highest BCUT2D eigenvalue weighted by Crippen LogP contribution is 2.24. The van der Waals surface area contributed by atoms with Crippen molar-refractivity contribution in [3.05, 3.63) is 23.7 Å². The highest BCUT2D eigenvalue weighted by atomic mass is 32.1. The third-order valence-electron chi connectivity index (χ3n) is 3.91. The van der Waals surface area contributed by atoms with Crippen LogP contribution in [0.2, 0.25) is 0 Å². The minimum Gasteiger partial charge on any atom is -0.382 e. The summed E-state index contributed by atoms with van der Waals surface area (Å²) in [5, 5.41) is 3.69. The lowest BCUT2D eigenvalue weighted by Crippen LogP contribution is -2.40. The number of rotatable bonds is 4. The Balaban J connectivity index is 1.56. The van der Waals surface area contributed by atoms with Crippen molar-refractivity contribution < 1.29 is 0 Å². The first-order valence-corrected chi connectivity index (χ1v) is 8.41. The zero-order valence-electron chi connectivity index (χ0n) is 12.3. The Labute approximate surface area is 125 Å². The second kappa shape index (κ2) is 6.10. The molecule has 1 fully saturated rings. The molecular formula is C16H23N3S. The molecule has 3 rings (SSSR count). The number of nitrogens with one attached hydrogen (secondary N) is 1. The van der Waals surface area contributed by atoms with Crippen molar-refractivity contribution in [1.29, 1.82) is 0 Å². The van der Waals surface area contributed by atoms with Gasteiger partial charge in [0, 0.05) is 31.4 Å². The van der Waals surface area contributed by atoms with Crippen molar-refractivity contribution in [1.82, 2.24) is 9.88 Å². The molecule has 1 aromatic heterocycles. The molecule has 0 saturated carbocycles. The van der Waals surface area contributed by atoms with Gasteiger partial charge in [-0.2, -0.15) is 0 Å². The number of thiazole rings is 1. The average Bonchev–Trinajstić information content (AvgIpc) is 2.88. The highest BCUT2D eigenvalue weighted by molar-refractivity contribution is 7.16. The number of benzene rings is 1. The molecule has 2 heterocycles. The zero-order chi connectivity index (χ0) is 13.9. The van der Waals surface area contributed by atoms with Gasteiger partial charge in [0.05, 0.1) is 15.7 Å². The lowest BCUT2D eigenvalue weighted by molar-refractivity contribution is 0.198. The van der Waals surface area contributed by atoms with Crippen LogP contribution in [0.15, 0.2) is 23.7 Å². The van der Waals surface area contributed by atoms with E-state index in [2.05, 4.69) is 47.2 Å². The van der Waals surface area contributed by atoms with Gasteiger partial charge in [0.1, 0.15) is 0 Å². The van der Waals surface area contributed by atoms with Crippen LogP contribution in [0, 0.1) is 5.92 Å². The SMILES string of the molecule is CC(C)CN1CCC(Nc2ccc3ncsc3c2)CC1. The maximum atomic E-state index is 4.33. The maximum absolute atomic E-state index is 4.33. The van der Waals surface area contributed by atoms with Gasteiger partial charge in [-0.25, -0.2) is 4.98 Å². The van der Waals surface area contributed by atoms with Crippen molar-refractivity contribution >= 4 is 27.2 Å². The smallest absolute Gasteiger partial charge is 0.0813 e. The Morgan fingerprint density at radius 2 is 2.15 bits per heavy atom. The first kappa shape index (κ1) is 13.8. The van der Waals surface area contributed by atoms with Crippen LogP contribution in [-0.4, -0.2) is 35.6 Å². The molecule has 1 saturated heterocycles. The van der Waals surface area contributed by atoms with E-state index in [4.69, 9.17) is 0 Å². The number of hydrogen-bond acceptors (Lipinski definition) is 4. The van der Waals surface area contributed by atoms with Crippen LogP contribution in [0.3, 0.4) is 0 Å². The van der Waals surface area contributed by atoms with E-state index in [0.29, 0.717) is 6.04 Å². The number of fused-ring (bicyclic) bond motifs is 1. The number of aromatic nitrogens is 1. The quantitative estimate of drug-likeness (QED) is 0.927. The molecular weight excluding hydrogens is 266 g/mol. The van der Waals surface area contributed by atoms with Crippen molar-refractivity contribution in [2.24, 2.45) is 5.92 Å². The van der Waals surface area contributed by atoms with Gasteiger partial charge in [0.25, 0.3) is 0 Å². The summed E-state index contributed by atoms with van der Waals surface area (Å²) in [7, 11) is 0. The molecule has 20 heavy (non-hydrogen) atoms. The second-order valence-corrected chi connectivity index (χ2v) is 7.03. The molecule has 4 heteroatoms. The van der Waals surface area contributed by atoms with Gasteiger partial charge in [0.15, 0.2) is 0 Å². The van der Waals surface area contributed by atoms with Crippen molar-refractivity contribution in [2.75, 3.05) is 25.0 Å². The van der Waals surface area contributed by atoms with E-state index in [1.807, 2.05) is 5.51 Å². The van der Waals surface area contributed by atoms with E-state index in [1.165, 1.54) is 42.9 Å².